The predicted octanol–water partition coefficient (Wildman–Crippen LogP) is 2.86. The van der Waals surface area contributed by atoms with Crippen LogP contribution in [0.25, 0.3) is 0 Å². The van der Waals surface area contributed by atoms with Crippen molar-refractivity contribution in [1.29, 1.82) is 0 Å². The number of carbonyl (C=O) groups is 1. The summed E-state index contributed by atoms with van der Waals surface area (Å²) in [6.07, 6.45) is 3.31. The number of carbonyl (C=O) groups excluding carboxylic acids is 1. The summed E-state index contributed by atoms with van der Waals surface area (Å²) in [7, 11) is 0. The number of primary amides is 1. The van der Waals surface area contributed by atoms with Crippen LogP contribution in [0.15, 0.2) is 42.5 Å². The second-order valence-electron chi connectivity index (χ2n) is 5.42. The van der Waals surface area contributed by atoms with E-state index in [-0.39, 0.29) is 6.04 Å². The minimum atomic E-state index is -0.500. The van der Waals surface area contributed by atoms with Crippen molar-refractivity contribution in [2.45, 2.75) is 25.3 Å². The Kier molecular flexibility index (Phi) is 3.52. The summed E-state index contributed by atoms with van der Waals surface area (Å²) in [5, 5.41) is 3.47. The van der Waals surface area contributed by atoms with Gasteiger partial charge in [-0.1, -0.05) is 30.3 Å². The molecule has 21 heavy (non-hydrogen) atoms. The lowest BCUT2D eigenvalue weighted by Crippen LogP contribution is -2.19. The molecule has 1 atom stereocenters. The topological polar surface area (TPSA) is 81.1 Å². The number of fused-ring (bicyclic) bond motifs is 1. The number of hydrogen-bond donors (Lipinski definition) is 3. The minimum absolute atomic E-state index is 0.223. The van der Waals surface area contributed by atoms with Crippen LogP contribution in [0, 0.1) is 0 Å². The number of para-hydroxylation sites is 1. The molecular weight excluding hydrogens is 262 g/mol. The molecule has 1 amide bonds. The first-order chi connectivity index (χ1) is 10.2. The van der Waals surface area contributed by atoms with Crippen LogP contribution in [0.3, 0.4) is 0 Å². The molecule has 4 nitrogen and oxygen atoms in total. The molecule has 0 radical (unpaired) electrons. The molecule has 3 rings (SSSR count). The highest BCUT2D eigenvalue weighted by molar-refractivity contribution is 6.00. The van der Waals surface area contributed by atoms with Crippen molar-refractivity contribution in [3.63, 3.8) is 0 Å². The second-order valence-corrected chi connectivity index (χ2v) is 5.42. The van der Waals surface area contributed by atoms with E-state index >= 15 is 0 Å². The summed E-state index contributed by atoms with van der Waals surface area (Å²) in [5.74, 6) is -0.500. The summed E-state index contributed by atoms with van der Waals surface area (Å²) < 4.78 is 0. The van der Waals surface area contributed by atoms with Crippen LogP contribution >= 0.6 is 0 Å². The first-order valence-corrected chi connectivity index (χ1v) is 7.19. The molecule has 2 aromatic rings. The number of benzene rings is 2. The van der Waals surface area contributed by atoms with E-state index in [1.807, 2.05) is 6.07 Å². The van der Waals surface area contributed by atoms with Crippen LogP contribution in [-0.2, 0) is 6.42 Å². The average Bonchev–Trinajstić information content (AvgIpc) is 2.49. The molecular formula is C17H19N3O. The Balaban J connectivity index is 1.92. The SMILES string of the molecule is NC(=O)c1cccc(NC2CCCc3ccccc32)c1N. The summed E-state index contributed by atoms with van der Waals surface area (Å²) >= 11 is 0. The highest BCUT2D eigenvalue weighted by Gasteiger charge is 2.20. The molecule has 1 aliphatic rings. The fourth-order valence-electron chi connectivity index (χ4n) is 3.00. The fraction of sp³-hybridized carbons (Fsp3) is 0.235. The monoisotopic (exact) mass is 281 g/mol. The van der Waals surface area contributed by atoms with Gasteiger partial charge in [0.05, 0.1) is 23.0 Å². The van der Waals surface area contributed by atoms with Crippen LogP contribution in [-0.4, -0.2) is 5.91 Å². The van der Waals surface area contributed by atoms with Crippen molar-refractivity contribution >= 4 is 17.3 Å². The third-order valence-electron chi connectivity index (χ3n) is 4.07. The normalized spacial score (nSPS) is 17.0. The summed E-state index contributed by atoms with van der Waals surface area (Å²) in [6, 6.07) is 14.0. The number of aryl methyl sites for hydroxylation is 1. The number of nitrogens with one attached hydrogen (secondary N) is 1. The van der Waals surface area contributed by atoms with Gasteiger partial charge in [0, 0.05) is 0 Å². The third kappa shape index (κ3) is 2.57. The Morgan fingerprint density at radius 2 is 1.95 bits per heavy atom. The first-order valence-electron chi connectivity index (χ1n) is 7.19. The smallest absolute Gasteiger partial charge is 0.250 e. The van der Waals surface area contributed by atoms with Crippen molar-refractivity contribution in [2.24, 2.45) is 5.73 Å². The van der Waals surface area contributed by atoms with E-state index in [0.29, 0.717) is 11.3 Å². The van der Waals surface area contributed by atoms with E-state index in [4.69, 9.17) is 11.5 Å². The molecule has 0 fully saturated rings. The molecule has 5 N–H and O–H groups in total. The summed E-state index contributed by atoms with van der Waals surface area (Å²) in [4.78, 5) is 11.4. The van der Waals surface area contributed by atoms with Gasteiger partial charge in [0.15, 0.2) is 0 Å². The van der Waals surface area contributed by atoms with Crippen LogP contribution in [0.5, 0.6) is 0 Å². The number of hydrogen-bond acceptors (Lipinski definition) is 3. The lowest BCUT2D eigenvalue weighted by molar-refractivity contribution is 0.100. The second kappa shape index (κ2) is 5.48. The quantitative estimate of drug-likeness (QED) is 0.757. The van der Waals surface area contributed by atoms with E-state index < -0.39 is 5.91 Å². The van der Waals surface area contributed by atoms with Crippen molar-refractivity contribution in [2.75, 3.05) is 11.1 Å². The number of nitrogens with two attached hydrogens (primary N) is 2. The molecule has 0 aliphatic heterocycles. The largest absolute Gasteiger partial charge is 0.396 e. The van der Waals surface area contributed by atoms with E-state index in [2.05, 4.69) is 29.6 Å². The van der Waals surface area contributed by atoms with Gasteiger partial charge < -0.3 is 16.8 Å². The Morgan fingerprint density at radius 1 is 1.14 bits per heavy atom. The Morgan fingerprint density at radius 3 is 2.76 bits per heavy atom. The van der Waals surface area contributed by atoms with Crippen LogP contribution < -0.4 is 16.8 Å². The van der Waals surface area contributed by atoms with Gasteiger partial charge in [-0.05, 0) is 42.5 Å². The van der Waals surface area contributed by atoms with Gasteiger partial charge in [-0.25, -0.2) is 0 Å². The Hall–Kier alpha value is -2.49. The van der Waals surface area contributed by atoms with Crippen molar-refractivity contribution in [3.05, 3.63) is 59.2 Å². The Bertz CT molecular complexity index is 681. The van der Waals surface area contributed by atoms with Gasteiger partial charge in [0.1, 0.15) is 0 Å². The van der Waals surface area contributed by atoms with E-state index in [0.717, 1.165) is 24.9 Å². The van der Waals surface area contributed by atoms with Crippen molar-refractivity contribution < 1.29 is 4.79 Å². The summed E-state index contributed by atoms with van der Waals surface area (Å²) in [5.41, 5.74) is 15.7. The molecule has 0 saturated heterocycles. The van der Waals surface area contributed by atoms with Gasteiger partial charge in [0.25, 0.3) is 5.91 Å². The van der Waals surface area contributed by atoms with Gasteiger partial charge in [0.2, 0.25) is 0 Å². The Labute approximate surface area is 124 Å². The highest BCUT2D eigenvalue weighted by Crippen LogP contribution is 2.34. The van der Waals surface area contributed by atoms with Gasteiger partial charge in [-0.3, -0.25) is 4.79 Å². The summed E-state index contributed by atoms with van der Waals surface area (Å²) in [6.45, 7) is 0. The zero-order valence-corrected chi connectivity index (χ0v) is 11.8. The lowest BCUT2D eigenvalue weighted by Gasteiger charge is -2.28. The average molecular weight is 281 g/mol. The zero-order valence-electron chi connectivity index (χ0n) is 11.8. The van der Waals surface area contributed by atoms with Crippen LogP contribution in [0.2, 0.25) is 0 Å². The lowest BCUT2D eigenvalue weighted by atomic mass is 9.87. The molecule has 1 aliphatic carbocycles. The van der Waals surface area contributed by atoms with Crippen molar-refractivity contribution in [3.8, 4) is 0 Å². The van der Waals surface area contributed by atoms with Crippen molar-refractivity contribution in [1.82, 2.24) is 0 Å². The number of anilines is 2. The minimum Gasteiger partial charge on any atom is -0.396 e. The predicted molar refractivity (Wildman–Crippen MR) is 85.1 cm³/mol. The van der Waals surface area contributed by atoms with Gasteiger partial charge >= 0.3 is 0 Å². The molecule has 1 unspecified atom stereocenters. The van der Waals surface area contributed by atoms with E-state index in [1.165, 1.54) is 11.1 Å². The van der Waals surface area contributed by atoms with Gasteiger partial charge in [-0.2, -0.15) is 0 Å². The third-order valence-corrected chi connectivity index (χ3v) is 4.07. The number of amides is 1. The first kappa shape index (κ1) is 13.5. The molecule has 0 bridgehead atoms. The number of rotatable bonds is 3. The van der Waals surface area contributed by atoms with Gasteiger partial charge in [-0.15, -0.1) is 0 Å². The zero-order chi connectivity index (χ0) is 14.8. The molecule has 0 spiro atoms. The molecule has 0 aromatic heterocycles. The van der Waals surface area contributed by atoms with Crippen LogP contribution in [0.4, 0.5) is 11.4 Å². The molecule has 2 aromatic carbocycles. The molecule has 108 valence electrons. The highest BCUT2D eigenvalue weighted by atomic mass is 16.1. The maximum Gasteiger partial charge on any atom is 0.250 e. The van der Waals surface area contributed by atoms with Crippen LogP contribution in [0.1, 0.15) is 40.4 Å². The van der Waals surface area contributed by atoms with E-state index in [1.54, 1.807) is 12.1 Å². The maximum atomic E-state index is 11.4. The molecule has 0 saturated carbocycles. The maximum absolute atomic E-state index is 11.4. The standard InChI is InChI=1S/C17H19N3O/c18-16-13(17(19)21)8-4-10-15(16)20-14-9-3-6-11-5-1-2-7-12(11)14/h1-2,4-5,7-8,10,14,20H,3,6,9,18H2,(H2,19,21). The molecule has 4 heteroatoms. The van der Waals surface area contributed by atoms with E-state index in [9.17, 15) is 4.79 Å². The molecule has 0 heterocycles. The fourth-order valence-corrected chi connectivity index (χ4v) is 3.00. The number of nitrogen functional groups attached to an aromatic ring is 1.